The van der Waals surface area contributed by atoms with Gasteiger partial charge in [0.25, 0.3) is 0 Å². The van der Waals surface area contributed by atoms with Crippen molar-refractivity contribution in [3.8, 4) is 67.9 Å². The van der Waals surface area contributed by atoms with Crippen LogP contribution in [0.5, 0.6) is 34.5 Å². The molecule has 78 heavy (non-hydrogen) atoms. The third kappa shape index (κ3) is 12.3. The van der Waals surface area contributed by atoms with E-state index >= 15 is 0 Å². The maximum atomic E-state index is 14.1. The number of nitrogens with zero attached hydrogens (tertiary/aromatic N) is 3. The van der Waals surface area contributed by atoms with Crippen LogP contribution in [0, 0.1) is 0 Å². The topological polar surface area (TPSA) is 145 Å². The van der Waals surface area contributed by atoms with E-state index in [4.69, 9.17) is 28.4 Å². The van der Waals surface area contributed by atoms with E-state index < -0.39 is 17.9 Å². The number of fused-ring (bicyclic) bond motifs is 3. The van der Waals surface area contributed by atoms with E-state index in [0.717, 1.165) is 66.8 Å². The number of rotatable bonds is 18. The predicted octanol–water partition coefficient (Wildman–Crippen LogP) is 14.0. The van der Waals surface area contributed by atoms with Gasteiger partial charge < -0.3 is 28.4 Å². The fraction of sp³-hybridized carbons (Fsp3) is 0.182. The van der Waals surface area contributed by atoms with Crippen molar-refractivity contribution in [3.63, 3.8) is 0 Å². The SMILES string of the molecule is CCCOc1cc2c(cc1OC(=O)c1ccc(-c3ccncc3)cc1)Cc1cc(OCCC)c(OC(=O)c3ccc(-c4ccncc4)cc3)cc1Cc1cc(OCCC)c(OC(=O)c3ccc(-c4ccncc4)cc3)cc1C2. The Morgan fingerprint density at radius 3 is 0.769 bits per heavy atom. The van der Waals surface area contributed by atoms with Gasteiger partial charge in [-0.15, -0.1) is 0 Å². The number of benzene rings is 6. The van der Waals surface area contributed by atoms with Crippen LogP contribution >= 0.6 is 0 Å². The third-order valence-electron chi connectivity index (χ3n) is 13.3. The molecule has 0 atom stereocenters. The lowest BCUT2D eigenvalue weighted by Crippen LogP contribution is -2.12. The summed E-state index contributed by atoms with van der Waals surface area (Å²) in [5, 5.41) is 0. The lowest BCUT2D eigenvalue weighted by molar-refractivity contribution is 0.0718. The van der Waals surface area contributed by atoms with Crippen molar-refractivity contribution in [3.05, 3.63) is 233 Å². The Morgan fingerprint density at radius 1 is 0.321 bits per heavy atom. The Hall–Kier alpha value is -9.42. The van der Waals surface area contributed by atoms with Gasteiger partial charge in [-0.25, -0.2) is 14.4 Å². The van der Waals surface area contributed by atoms with Crippen LogP contribution in [0.25, 0.3) is 33.4 Å². The number of hydrogen-bond donors (Lipinski definition) is 0. The minimum absolute atomic E-state index is 0.266. The number of carbonyl (C=O) groups is 3. The van der Waals surface area contributed by atoms with E-state index in [1.807, 2.05) is 130 Å². The summed E-state index contributed by atoms with van der Waals surface area (Å²) in [6.45, 7) is 7.17. The zero-order chi connectivity index (χ0) is 53.8. The maximum Gasteiger partial charge on any atom is 0.343 e. The molecule has 0 aliphatic heterocycles. The first-order chi connectivity index (χ1) is 38.2. The molecule has 1 aliphatic carbocycles. The van der Waals surface area contributed by atoms with Crippen LogP contribution < -0.4 is 28.4 Å². The fourth-order valence-corrected chi connectivity index (χ4v) is 9.25. The van der Waals surface area contributed by atoms with E-state index in [2.05, 4.69) is 15.0 Å². The van der Waals surface area contributed by atoms with Crippen molar-refractivity contribution in [2.24, 2.45) is 0 Å². The predicted molar refractivity (Wildman–Crippen MR) is 299 cm³/mol. The molecule has 0 amide bonds. The molecule has 0 bridgehead atoms. The summed E-state index contributed by atoms with van der Waals surface area (Å²) in [6.07, 6.45) is 13.6. The lowest BCUT2D eigenvalue weighted by Gasteiger charge is -2.19. The number of aromatic nitrogens is 3. The molecule has 3 heterocycles. The summed E-state index contributed by atoms with van der Waals surface area (Å²) in [5.74, 6) is 0.393. The van der Waals surface area contributed by atoms with Gasteiger partial charge in [-0.1, -0.05) is 57.2 Å². The maximum absolute atomic E-state index is 14.1. The Bertz CT molecular complexity index is 3180. The highest BCUT2D eigenvalue weighted by Crippen LogP contribution is 2.42. The van der Waals surface area contributed by atoms with Gasteiger partial charge in [0.2, 0.25) is 0 Å². The van der Waals surface area contributed by atoms with Gasteiger partial charge in [-0.3, -0.25) is 15.0 Å². The van der Waals surface area contributed by atoms with Gasteiger partial charge in [0, 0.05) is 37.2 Å². The number of ether oxygens (including phenoxy) is 6. The van der Waals surface area contributed by atoms with Crippen molar-refractivity contribution in [2.75, 3.05) is 19.8 Å². The van der Waals surface area contributed by atoms with E-state index in [-0.39, 0.29) is 17.2 Å². The van der Waals surface area contributed by atoms with Crippen molar-refractivity contribution < 1.29 is 42.8 Å². The Labute approximate surface area is 453 Å². The molecular formula is C66H57N3O9. The minimum Gasteiger partial charge on any atom is -0.490 e. The highest BCUT2D eigenvalue weighted by Gasteiger charge is 2.26. The molecular weight excluding hydrogens is 979 g/mol. The van der Waals surface area contributed by atoms with Crippen molar-refractivity contribution in [1.29, 1.82) is 0 Å². The second-order valence-electron chi connectivity index (χ2n) is 18.9. The van der Waals surface area contributed by atoms with Crippen LogP contribution in [-0.2, 0) is 19.3 Å². The molecule has 0 spiro atoms. The van der Waals surface area contributed by atoms with Gasteiger partial charge in [0.1, 0.15) is 0 Å². The minimum atomic E-state index is -0.543. The van der Waals surface area contributed by atoms with E-state index in [1.54, 1.807) is 73.6 Å². The Kier molecular flexibility index (Phi) is 16.3. The zero-order valence-corrected chi connectivity index (χ0v) is 43.7. The van der Waals surface area contributed by atoms with Gasteiger partial charge in [0.05, 0.1) is 36.5 Å². The van der Waals surface area contributed by atoms with Crippen LogP contribution in [-0.4, -0.2) is 52.7 Å². The molecule has 0 saturated carbocycles. The molecule has 9 aromatic rings. The van der Waals surface area contributed by atoms with Crippen LogP contribution in [0.1, 0.15) is 104 Å². The summed E-state index contributed by atoms with van der Waals surface area (Å²) in [6, 6.07) is 44.7. The van der Waals surface area contributed by atoms with E-state index in [0.29, 0.717) is 92.3 Å². The van der Waals surface area contributed by atoms with Gasteiger partial charge in [-0.05, 0) is 214 Å². The zero-order valence-electron chi connectivity index (χ0n) is 43.7. The second kappa shape index (κ2) is 24.5. The van der Waals surface area contributed by atoms with Gasteiger partial charge >= 0.3 is 17.9 Å². The second-order valence-corrected chi connectivity index (χ2v) is 18.9. The Morgan fingerprint density at radius 2 is 0.538 bits per heavy atom. The first kappa shape index (κ1) is 52.0. The molecule has 0 N–H and O–H groups in total. The summed E-state index contributed by atoms with van der Waals surface area (Å²) in [5.41, 5.74) is 12.1. The van der Waals surface area contributed by atoms with Gasteiger partial charge in [0.15, 0.2) is 34.5 Å². The summed E-state index contributed by atoms with van der Waals surface area (Å²) < 4.78 is 38.0. The van der Waals surface area contributed by atoms with E-state index in [9.17, 15) is 14.4 Å². The molecule has 12 heteroatoms. The lowest BCUT2D eigenvalue weighted by atomic mass is 9.94. The van der Waals surface area contributed by atoms with Gasteiger partial charge in [-0.2, -0.15) is 0 Å². The largest absolute Gasteiger partial charge is 0.490 e. The number of carbonyl (C=O) groups excluding carboxylic acids is 3. The molecule has 6 aromatic carbocycles. The Balaban J connectivity index is 1.06. The molecule has 3 aromatic heterocycles. The average Bonchev–Trinajstić information content (AvgIpc) is 3.56. The first-order valence-electron chi connectivity index (χ1n) is 26.3. The quantitative estimate of drug-likeness (QED) is 0.0595. The summed E-state index contributed by atoms with van der Waals surface area (Å²) in [7, 11) is 0. The molecule has 390 valence electrons. The monoisotopic (exact) mass is 1040 g/mol. The average molecular weight is 1040 g/mol. The first-order valence-corrected chi connectivity index (χ1v) is 26.3. The number of hydrogen-bond acceptors (Lipinski definition) is 12. The van der Waals surface area contributed by atoms with Crippen molar-refractivity contribution in [2.45, 2.75) is 59.3 Å². The number of pyridine rings is 3. The highest BCUT2D eigenvalue weighted by molar-refractivity contribution is 5.94. The highest BCUT2D eigenvalue weighted by atomic mass is 16.6. The molecule has 0 radical (unpaired) electrons. The molecule has 10 rings (SSSR count). The smallest absolute Gasteiger partial charge is 0.343 e. The van der Waals surface area contributed by atoms with Crippen molar-refractivity contribution in [1.82, 2.24) is 15.0 Å². The standard InChI is InChI=1S/C66H57N3O9/c1-4-31-73-58-37-52-34-56-41-62(77-65(71)50-15-9-44(10-16-50)47-21-27-68-28-22-47)60(75-33-6-3)39-54(56)36-57-42-63(78-66(72)51-17-11-45(12-18-51)48-23-29-69-30-24-48)59(74-32-5-2)38-53(57)35-55(52)40-61(58)76-64(70)49-13-7-43(8-14-49)46-19-25-67-26-20-46/h7-30,37-42H,4-6,31-36H2,1-3H3. The van der Waals surface area contributed by atoms with E-state index in [1.165, 1.54) is 0 Å². The molecule has 0 saturated heterocycles. The third-order valence-corrected chi connectivity index (χ3v) is 13.3. The molecule has 12 nitrogen and oxygen atoms in total. The molecule has 1 aliphatic rings. The molecule has 0 fully saturated rings. The summed E-state index contributed by atoms with van der Waals surface area (Å²) >= 11 is 0. The van der Waals surface area contributed by atoms with Crippen LogP contribution in [0.4, 0.5) is 0 Å². The summed E-state index contributed by atoms with van der Waals surface area (Å²) in [4.78, 5) is 54.6. The fourth-order valence-electron chi connectivity index (χ4n) is 9.25. The normalized spacial score (nSPS) is 11.6. The van der Waals surface area contributed by atoms with Crippen LogP contribution in [0.3, 0.4) is 0 Å². The van der Waals surface area contributed by atoms with Crippen LogP contribution in [0.15, 0.2) is 183 Å². The molecule has 0 unspecified atom stereocenters. The number of esters is 3. The van der Waals surface area contributed by atoms with Crippen molar-refractivity contribution >= 4 is 17.9 Å². The van der Waals surface area contributed by atoms with Crippen LogP contribution in [0.2, 0.25) is 0 Å².